The van der Waals surface area contributed by atoms with Gasteiger partial charge in [0.25, 0.3) is 0 Å². The summed E-state index contributed by atoms with van der Waals surface area (Å²) in [7, 11) is 1.65. The van der Waals surface area contributed by atoms with Gasteiger partial charge in [0.1, 0.15) is 11.6 Å². The number of hydrogen-bond donors (Lipinski definition) is 1. The molecule has 1 amide bonds. The molecule has 0 radical (unpaired) electrons. The van der Waals surface area contributed by atoms with Crippen LogP contribution in [0.4, 0.5) is 9.18 Å². The third-order valence-corrected chi connectivity index (χ3v) is 8.76. The van der Waals surface area contributed by atoms with Gasteiger partial charge in [-0.1, -0.05) is 13.8 Å². The van der Waals surface area contributed by atoms with Crippen LogP contribution in [0, 0.1) is 31.0 Å². The molecule has 2 bridgehead atoms. The van der Waals surface area contributed by atoms with Crippen molar-refractivity contribution >= 4 is 6.09 Å². The molecule has 2 atom stereocenters. The summed E-state index contributed by atoms with van der Waals surface area (Å²) in [6.07, 6.45) is 2.87. The van der Waals surface area contributed by atoms with Gasteiger partial charge in [-0.25, -0.2) is 9.18 Å². The fourth-order valence-corrected chi connectivity index (χ4v) is 6.99. The van der Waals surface area contributed by atoms with Crippen molar-refractivity contribution in [2.45, 2.75) is 65.5 Å². The molecule has 1 aliphatic carbocycles. The molecule has 3 fully saturated rings. The van der Waals surface area contributed by atoms with E-state index in [0.29, 0.717) is 11.5 Å². The predicted molar refractivity (Wildman–Crippen MR) is 136 cm³/mol. The average molecular weight is 481 g/mol. The standard InChI is InChI=1S/C29H37FN2O3/c1-17-12-21(13-18(2)26(17)35-5)22-14-20-6-9-29(3,4)27(23(20)15-24(22)30)32(28(33)34)25-16-31-10-7-19(25)8-11-31/h12-15,19,25,27H,6-11,16H2,1-5H3,(H,33,34)/t25-,27+/m1/s1. The summed E-state index contributed by atoms with van der Waals surface area (Å²) in [4.78, 5) is 16.9. The normalized spacial score (nSPS) is 26.8. The molecule has 3 saturated heterocycles. The molecule has 35 heavy (non-hydrogen) atoms. The van der Waals surface area contributed by atoms with Crippen molar-refractivity contribution in [1.29, 1.82) is 0 Å². The lowest BCUT2D eigenvalue weighted by molar-refractivity contribution is -0.0353. The zero-order valence-corrected chi connectivity index (χ0v) is 21.5. The Balaban J connectivity index is 1.59. The van der Waals surface area contributed by atoms with Crippen LogP contribution in [-0.4, -0.2) is 53.8 Å². The molecular weight excluding hydrogens is 443 g/mol. The summed E-state index contributed by atoms with van der Waals surface area (Å²) in [5, 5.41) is 10.5. The zero-order chi connectivity index (χ0) is 25.1. The van der Waals surface area contributed by atoms with E-state index in [1.165, 1.54) is 0 Å². The van der Waals surface area contributed by atoms with Gasteiger partial charge in [-0.2, -0.15) is 0 Å². The first-order valence-corrected chi connectivity index (χ1v) is 12.8. The number of nitrogens with zero attached hydrogens (tertiary/aromatic N) is 2. The Morgan fingerprint density at radius 1 is 1.14 bits per heavy atom. The van der Waals surface area contributed by atoms with Gasteiger partial charge in [0.05, 0.1) is 19.2 Å². The number of piperidine rings is 3. The SMILES string of the molecule is COc1c(C)cc(-c2cc3c(cc2F)[C@H](N(C(=O)O)[C@@H]2CN4CCC2CC4)C(C)(C)CC3)cc1C. The number of benzene rings is 2. The van der Waals surface area contributed by atoms with Crippen molar-refractivity contribution in [1.82, 2.24) is 9.80 Å². The third-order valence-electron chi connectivity index (χ3n) is 8.76. The first kappa shape index (κ1) is 24.1. The minimum absolute atomic E-state index is 0.0418. The van der Waals surface area contributed by atoms with Crippen LogP contribution in [0.1, 0.15) is 61.4 Å². The Morgan fingerprint density at radius 3 is 2.34 bits per heavy atom. The summed E-state index contributed by atoms with van der Waals surface area (Å²) in [5.74, 6) is 0.907. The highest BCUT2D eigenvalue weighted by atomic mass is 19.1. The van der Waals surface area contributed by atoms with Crippen molar-refractivity contribution in [3.63, 3.8) is 0 Å². The monoisotopic (exact) mass is 480 g/mol. The molecule has 3 aliphatic heterocycles. The summed E-state index contributed by atoms with van der Waals surface area (Å²) >= 11 is 0. The molecule has 4 aliphatic rings. The summed E-state index contributed by atoms with van der Waals surface area (Å²) < 4.78 is 21.3. The van der Waals surface area contributed by atoms with Crippen molar-refractivity contribution < 1.29 is 19.0 Å². The zero-order valence-electron chi connectivity index (χ0n) is 21.5. The van der Waals surface area contributed by atoms with Crippen LogP contribution in [0.5, 0.6) is 5.75 Å². The maximum absolute atomic E-state index is 15.8. The Kier molecular flexibility index (Phi) is 6.07. The molecular formula is C29H37FN2O3. The molecule has 5 nitrogen and oxygen atoms in total. The Labute approximate surface area is 207 Å². The van der Waals surface area contributed by atoms with Gasteiger partial charge in [0.15, 0.2) is 0 Å². The highest BCUT2D eigenvalue weighted by molar-refractivity contribution is 5.71. The Hall–Kier alpha value is -2.60. The van der Waals surface area contributed by atoms with E-state index in [9.17, 15) is 9.90 Å². The second kappa shape index (κ2) is 8.81. The number of methoxy groups -OCH3 is 1. The number of rotatable bonds is 4. The quantitative estimate of drug-likeness (QED) is 0.566. The van der Waals surface area contributed by atoms with Crippen LogP contribution in [0.2, 0.25) is 0 Å². The van der Waals surface area contributed by atoms with Gasteiger partial charge in [0.2, 0.25) is 0 Å². The van der Waals surface area contributed by atoms with E-state index in [1.54, 1.807) is 18.1 Å². The molecule has 188 valence electrons. The van der Waals surface area contributed by atoms with Crippen LogP contribution in [-0.2, 0) is 6.42 Å². The van der Waals surface area contributed by atoms with Gasteiger partial charge in [-0.3, -0.25) is 4.90 Å². The average Bonchev–Trinajstić information content (AvgIpc) is 2.81. The lowest BCUT2D eigenvalue weighted by Gasteiger charge is -2.54. The van der Waals surface area contributed by atoms with Crippen LogP contribution in [0.25, 0.3) is 11.1 Å². The lowest BCUT2D eigenvalue weighted by Crippen LogP contribution is -2.61. The second-order valence-corrected chi connectivity index (χ2v) is 11.5. The molecule has 0 saturated carbocycles. The van der Waals surface area contributed by atoms with Gasteiger partial charge in [-0.05, 0) is 116 Å². The maximum atomic E-state index is 15.8. The van der Waals surface area contributed by atoms with E-state index in [2.05, 4.69) is 18.7 Å². The van der Waals surface area contributed by atoms with E-state index < -0.39 is 6.09 Å². The van der Waals surface area contributed by atoms with Crippen LogP contribution in [0.15, 0.2) is 24.3 Å². The summed E-state index contributed by atoms with van der Waals surface area (Å²) in [6.45, 7) is 11.1. The number of amides is 1. The van der Waals surface area contributed by atoms with Crippen molar-refractivity contribution in [3.8, 4) is 16.9 Å². The number of aryl methyl sites for hydroxylation is 3. The summed E-state index contributed by atoms with van der Waals surface area (Å²) in [6, 6.07) is 7.12. The van der Waals surface area contributed by atoms with Gasteiger partial charge in [-0.15, -0.1) is 0 Å². The number of fused-ring (bicyclic) bond motifs is 4. The highest BCUT2D eigenvalue weighted by Crippen LogP contribution is 2.50. The van der Waals surface area contributed by atoms with Crippen LogP contribution in [0.3, 0.4) is 0 Å². The molecule has 6 heteroatoms. The first-order valence-electron chi connectivity index (χ1n) is 12.8. The third kappa shape index (κ3) is 4.10. The van der Waals surface area contributed by atoms with Gasteiger partial charge in [0, 0.05) is 12.1 Å². The van der Waals surface area contributed by atoms with Crippen LogP contribution >= 0.6 is 0 Å². The molecule has 1 N–H and O–H groups in total. The molecule has 6 rings (SSSR count). The van der Waals surface area contributed by atoms with Crippen LogP contribution < -0.4 is 4.74 Å². The van der Waals surface area contributed by atoms with E-state index in [1.807, 2.05) is 32.0 Å². The van der Waals surface area contributed by atoms with E-state index in [4.69, 9.17) is 4.74 Å². The minimum Gasteiger partial charge on any atom is -0.496 e. The number of ether oxygens (including phenoxy) is 1. The largest absolute Gasteiger partial charge is 0.496 e. The number of carbonyl (C=O) groups is 1. The Bertz CT molecular complexity index is 1130. The van der Waals surface area contributed by atoms with E-state index in [-0.39, 0.29) is 23.3 Å². The molecule has 0 spiro atoms. The van der Waals surface area contributed by atoms with Crippen molar-refractivity contribution in [2.75, 3.05) is 26.7 Å². The van der Waals surface area contributed by atoms with Crippen molar-refractivity contribution in [2.24, 2.45) is 11.3 Å². The fraction of sp³-hybridized carbons (Fsp3) is 0.552. The topological polar surface area (TPSA) is 53.0 Å². The highest BCUT2D eigenvalue weighted by Gasteiger charge is 2.48. The first-order chi connectivity index (χ1) is 16.6. The number of carboxylic acid groups (broad SMARTS) is 1. The second-order valence-electron chi connectivity index (χ2n) is 11.5. The Morgan fingerprint density at radius 2 is 1.80 bits per heavy atom. The fourth-order valence-electron chi connectivity index (χ4n) is 6.99. The lowest BCUT2D eigenvalue weighted by atomic mass is 9.68. The molecule has 3 heterocycles. The molecule has 2 aromatic carbocycles. The number of halogens is 1. The molecule has 2 aromatic rings. The minimum atomic E-state index is -0.888. The van der Waals surface area contributed by atoms with Crippen molar-refractivity contribution in [3.05, 3.63) is 52.3 Å². The predicted octanol–water partition coefficient (Wildman–Crippen LogP) is 6.21. The van der Waals surface area contributed by atoms with E-state index in [0.717, 1.165) is 78.9 Å². The maximum Gasteiger partial charge on any atom is 0.408 e. The molecule has 0 aromatic heterocycles. The van der Waals surface area contributed by atoms with Gasteiger partial charge >= 0.3 is 6.09 Å². The van der Waals surface area contributed by atoms with Gasteiger partial charge < -0.3 is 14.7 Å². The number of hydrogen-bond acceptors (Lipinski definition) is 3. The van der Waals surface area contributed by atoms with E-state index >= 15 is 4.39 Å². The molecule has 0 unspecified atom stereocenters. The summed E-state index contributed by atoms with van der Waals surface area (Å²) in [5.41, 5.74) is 4.96. The smallest absolute Gasteiger partial charge is 0.408 e.